The summed E-state index contributed by atoms with van der Waals surface area (Å²) in [4.78, 5) is 20.2. The zero-order valence-corrected chi connectivity index (χ0v) is 18.1. The van der Waals surface area contributed by atoms with E-state index in [0.29, 0.717) is 24.5 Å². The fourth-order valence-electron chi connectivity index (χ4n) is 3.26. The summed E-state index contributed by atoms with van der Waals surface area (Å²) in [5.41, 5.74) is 1.76. The smallest absolute Gasteiger partial charge is 0.265 e. The van der Waals surface area contributed by atoms with E-state index >= 15 is 0 Å². The van der Waals surface area contributed by atoms with Crippen LogP contribution in [0, 0.1) is 12.8 Å². The summed E-state index contributed by atoms with van der Waals surface area (Å²) in [5.74, 6) is 0.127. The molecule has 1 N–H and O–H groups in total. The molecular formula is C20H27N3O3S2. The lowest BCUT2D eigenvalue weighted by Gasteiger charge is -2.32. The molecule has 2 heterocycles. The van der Waals surface area contributed by atoms with E-state index in [-0.39, 0.29) is 11.8 Å². The Morgan fingerprint density at radius 2 is 2.04 bits per heavy atom. The Balaban J connectivity index is 1.68. The Bertz CT molecular complexity index is 923. The molecular weight excluding hydrogens is 394 g/mol. The number of aryl methyl sites for hydroxylation is 1. The van der Waals surface area contributed by atoms with Gasteiger partial charge in [0.25, 0.3) is 5.91 Å². The summed E-state index contributed by atoms with van der Waals surface area (Å²) < 4.78 is 26.7. The molecule has 1 fully saturated rings. The van der Waals surface area contributed by atoms with Crippen molar-refractivity contribution in [3.8, 4) is 10.6 Å². The molecule has 0 aliphatic carbocycles. The first-order valence-electron chi connectivity index (χ1n) is 9.58. The van der Waals surface area contributed by atoms with Gasteiger partial charge >= 0.3 is 0 Å². The predicted octanol–water partition coefficient (Wildman–Crippen LogP) is 3.30. The van der Waals surface area contributed by atoms with E-state index in [2.05, 4.69) is 9.71 Å². The third-order valence-corrected chi connectivity index (χ3v) is 8.02. The van der Waals surface area contributed by atoms with Gasteiger partial charge in [-0.05, 0) is 39.5 Å². The molecule has 2 aromatic rings. The van der Waals surface area contributed by atoms with Crippen LogP contribution in [0.15, 0.2) is 30.3 Å². The normalized spacial score (nSPS) is 17.9. The van der Waals surface area contributed by atoms with E-state index in [4.69, 9.17) is 0 Å². The molecule has 1 aromatic heterocycles. The molecule has 0 saturated carbocycles. The van der Waals surface area contributed by atoms with E-state index in [1.54, 1.807) is 13.8 Å². The van der Waals surface area contributed by atoms with Gasteiger partial charge in [-0.2, -0.15) is 0 Å². The Morgan fingerprint density at radius 3 is 2.71 bits per heavy atom. The molecule has 0 spiro atoms. The average molecular weight is 422 g/mol. The van der Waals surface area contributed by atoms with Gasteiger partial charge in [-0.3, -0.25) is 4.79 Å². The van der Waals surface area contributed by atoms with Crippen LogP contribution in [0.25, 0.3) is 10.6 Å². The number of nitrogens with zero attached hydrogens (tertiary/aromatic N) is 2. The highest BCUT2D eigenvalue weighted by atomic mass is 32.2. The number of aromatic nitrogens is 1. The molecule has 0 radical (unpaired) electrons. The van der Waals surface area contributed by atoms with Crippen LogP contribution >= 0.6 is 11.3 Å². The van der Waals surface area contributed by atoms with Gasteiger partial charge in [0, 0.05) is 25.2 Å². The maximum absolute atomic E-state index is 13.1. The second kappa shape index (κ2) is 8.71. The first-order chi connectivity index (χ1) is 13.3. The van der Waals surface area contributed by atoms with Crippen LogP contribution in [0.4, 0.5) is 0 Å². The zero-order chi connectivity index (χ0) is 20.3. The number of hydrogen-bond acceptors (Lipinski definition) is 5. The van der Waals surface area contributed by atoms with Crippen molar-refractivity contribution < 1.29 is 13.2 Å². The van der Waals surface area contributed by atoms with E-state index < -0.39 is 15.3 Å². The van der Waals surface area contributed by atoms with Crippen molar-refractivity contribution in [3.05, 3.63) is 40.9 Å². The molecule has 152 valence electrons. The van der Waals surface area contributed by atoms with Gasteiger partial charge in [0.1, 0.15) is 9.88 Å². The van der Waals surface area contributed by atoms with Crippen molar-refractivity contribution in [2.45, 2.75) is 38.9 Å². The lowest BCUT2D eigenvalue weighted by Crippen LogP contribution is -2.44. The highest BCUT2D eigenvalue weighted by molar-refractivity contribution is 7.90. The van der Waals surface area contributed by atoms with E-state index in [0.717, 1.165) is 29.1 Å². The Kier molecular flexibility index (Phi) is 6.52. The molecule has 6 nitrogen and oxygen atoms in total. The molecule has 0 bridgehead atoms. The topological polar surface area (TPSA) is 79.4 Å². The second-order valence-electron chi connectivity index (χ2n) is 7.50. The van der Waals surface area contributed by atoms with Crippen molar-refractivity contribution >= 4 is 27.3 Å². The highest BCUT2D eigenvalue weighted by Crippen LogP contribution is 2.29. The van der Waals surface area contributed by atoms with Gasteiger partial charge in [0.05, 0.1) is 10.9 Å². The average Bonchev–Trinajstić information content (AvgIpc) is 3.08. The number of amides is 1. The summed E-state index contributed by atoms with van der Waals surface area (Å²) in [5, 5.41) is 0.393. The van der Waals surface area contributed by atoms with Crippen molar-refractivity contribution in [2.24, 2.45) is 5.92 Å². The second-order valence-corrected chi connectivity index (χ2v) is 10.8. The fourth-order valence-corrected chi connectivity index (χ4v) is 5.10. The SMILES string of the molecule is Cc1nc(-c2ccccc2)sc1C(=O)N1CCC[C@@H](CNS(=O)(=O)C(C)C)C1. The molecule has 1 aliphatic heterocycles. The van der Waals surface area contributed by atoms with Gasteiger partial charge in [-0.25, -0.2) is 18.1 Å². The van der Waals surface area contributed by atoms with Crippen molar-refractivity contribution in [1.82, 2.24) is 14.6 Å². The minimum atomic E-state index is -3.28. The van der Waals surface area contributed by atoms with Gasteiger partial charge in [0.15, 0.2) is 0 Å². The minimum absolute atomic E-state index is 0.00593. The van der Waals surface area contributed by atoms with Crippen LogP contribution in [0.5, 0.6) is 0 Å². The molecule has 0 unspecified atom stereocenters. The number of rotatable bonds is 6. The summed E-state index contributed by atoms with van der Waals surface area (Å²) in [6.45, 7) is 6.84. The first kappa shape index (κ1) is 21.0. The number of sulfonamides is 1. The number of carbonyl (C=O) groups is 1. The van der Waals surface area contributed by atoms with Gasteiger partial charge in [-0.1, -0.05) is 30.3 Å². The van der Waals surface area contributed by atoms with Crippen molar-refractivity contribution in [2.75, 3.05) is 19.6 Å². The molecule has 1 aromatic carbocycles. The van der Waals surface area contributed by atoms with Crippen molar-refractivity contribution in [1.29, 1.82) is 0 Å². The summed E-state index contributed by atoms with van der Waals surface area (Å²) in [6, 6.07) is 9.86. The van der Waals surface area contributed by atoms with Gasteiger partial charge in [0.2, 0.25) is 10.0 Å². The summed E-state index contributed by atoms with van der Waals surface area (Å²) in [6.07, 6.45) is 1.80. The number of nitrogens with one attached hydrogen (secondary N) is 1. The number of piperidine rings is 1. The quantitative estimate of drug-likeness (QED) is 0.776. The Hall–Kier alpha value is -1.77. The molecule has 8 heteroatoms. The van der Waals surface area contributed by atoms with E-state index in [1.807, 2.05) is 42.2 Å². The van der Waals surface area contributed by atoms with E-state index in [9.17, 15) is 13.2 Å². The van der Waals surface area contributed by atoms with Crippen molar-refractivity contribution in [3.63, 3.8) is 0 Å². The number of thiazole rings is 1. The largest absolute Gasteiger partial charge is 0.338 e. The monoisotopic (exact) mass is 421 g/mol. The van der Waals surface area contributed by atoms with Crippen LogP contribution in [0.3, 0.4) is 0 Å². The number of hydrogen-bond donors (Lipinski definition) is 1. The third-order valence-electron chi connectivity index (χ3n) is 5.01. The molecule has 1 amide bonds. The maximum Gasteiger partial charge on any atom is 0.265 e. The van der Waals surface area contributed by atoms with Crippen LogP contribution < -0.4 is 4.72 Å². The predicted molar refractivity (Wildman–Crippen MR) is 113 cm³/mol. The summed E-state index contributed by atoms with van der Waals surface area (Å²) >= 11 is 1.42. The number of carbonyl (C=O) groups excluding carboxylic acids is 1. The van der Waals surface area contributed by atoms with Crippen LogP contribution in [0.2, 0.25) is 0 Å². The van der Waals surface area contributed by atoms with Crippen LogP contribution in [0.1, 0.15) is 42.1 Å². The standard InChI is InChI=1S/C20H27N3O3S2/c1-14(2)28(25,26)21-12-16-8-7-11-23(13-16)20(24)18-15(3)22-19(27-18)17-9-5-4-6-10-17/h4-6,9-10,14,16,21H,7-8,11-13H2,1-3H3/t16-/m0/s1. The van der Waals surface area contributed by atoms with Crippen LogP contribution in [-0.4, -0.2) is 49.1 Å². The number of benzene rings is 1. The fraction of sp³-hybridized carbons (Fsp3) is 0.500. The molecule has 1 atom stereocenters. The molecule has 28 heavy (non-hydrogen) atoms. The third kappa shape index (κ3) is 4.79. The zero-order valence-electron chi connectivity index (χ0n) is 16.5. The lowest BCUT2D eigenvalue weighted by molar-refractivity contribution is 0.0680. The van der Waals surface area contributed by atoms with E-state index in [1.165, 1.54) is 11.3 Å². The number of likely N-dealkylation sites (tertiary alicyclic amines) is 1. The summed E-state index contributed by atoms with van der Waals surface area (Å²) in [7, 11) is -3.28. The maximum atomic E-state index is 13.1. The first-order valence-corrected chi connectivity index (χ1v) is 11.9. The Labute approximate surface area is 171 Å². The molecule has 1 saturated heterocycles. The highest BCUT2D eigenvalue weighted by Gasteiger charge is 2.28. The van der Waals surface area contributed by atoms with Gasteiger partial charge < -0.3 is 4.90 Å². The molecule has 3 rings (SSSR count). The minimum Gasteiger partial charge on any atom is -0.338 e. The van der Waals surface area contributed by atoms with Crippen LogP contribution in [-0.2, 0) is 10.0 Å². The lowest BCUT2D eigenvalue weighted by atomic mass is 9.98. The Morgan fingerprint density at radius 1 is 1.32 bits per heavy atom. The molecule has 1 aliphatic rings. The van der Waals surface area contributed by atoms with Gasteiger partial charge in [-0.15, -0.1) is 11.3 Å².